The SMILES string of the molecule is CCN(c1ccnc(Nc2ccc(N3CCNCC3)cc2)n1)c1cc(CC(N)=O)nc(-c2cccc(C)n2)n1. The summed E-state index contributed by atoms with van der Waals surface area (Å²) in [6.45, 7) is 8.47. The number of carbonyl (C=O) groups is 1. The van der Waals surface area contributed by atoms with E-state index < -0.39 is 5.91 Å². The van der Waals surface area contributed by atoms with Crippen LogP contribution in [0.4, 0.5) is 29.0 Å². The highest BCUT2D eigenvalue weighted by atomic mass is 16.1. The summed E-state index contributed by atoms with van der Waals surface area (Å²) in [6.07, 6.45) is 1.70. The first-order chi connectivity index (χ1) is 19.0. The number of amides is 1. The van der Waals surface area contributed by atoms with E-state index in [1.165, 1.54) is 5.69 Å². The minimum atomic E-state index is -0.470. The summed E-state index contributed by atoms with van der Waals surface area (Å²) < 4.78 is 0. The fourth-order valence-electron chi connectivity index (χ4n) is 4.48. The second-order valence-electron chi connectivity index (χ2n) is 9.24. The topological polar surface area (TPSA) is 138 Å². The molecule has 4 N–H and O–H groups in total. The minimum Gasteiger partial charge on any atom is -0.369 e. The number of piperazine rings is 1. The third-order valence-electron chi connectivity index (χ3n) is 6.35. The van der Waals surface area contributed by atoms with Gasteiger partial charge in [-0.1, -0.05) is 6.07 Å². The van der Waals surface area contributed by atoms with Gasteiger partial charge in [0.25, 0.3) is 0 Å². The molecular formula is C28H32N10O. The number of benzene rings is 1. The van der Waals surface area contributed by atoms with Crippen molar-refractivity contribution in [1.29, 1.82) is 0 Å². The van der Waals surface area contributed by atoms with Crippen molar-refractivity contribution in [1.82, 2.24) is 30.2 Å². The first-order valence-electron chi connectivity index (χ1n) is 13.0. The summed E-state index contributed by atoms with van der Waals surface area (Å²) in [6, 6.07) is 17.5. The molecule has 1 aromatic carbocycles. The van der Waals surface area contributed by atoms with E-state index in [1.54, 1.807) is 12.3 Å². The number of aryl methyl sites for hydroxylation is 1. The van der Waals surface area contributed by atoms with Crippen LogP contribution in [0.5, 0.6) is 0 Å². The van der Waals surface area contributed by atoms with Crippen LogP contribution in [-0.2, 0) is 11.2 Å². The van der Waals surface area contributed by atoms with Crippen molar-refractivity contribution < 1.29 is 4.79 Å². The summed E-state index contributed by atoms with van der Waals surface area (Å²) >= 11 is 0. The zero-order chi connectivity index (χ0) is 27.2. The van der Waals surface area contributed by atoms with Gasteiger partial charge in [0.05, 0.1) is 12.1 Å². The lowest BCUT2D eigenvalue weighted by atomic mass is 10.2. The lowest BCUT2D eigenvalue weighted by molar-refractivity contribution is -0.117. The molecule has 0 atom stereocenters. The largest absolute Gasteiger partial charge is 0.369 e. The molecule has 0 unspecified atom stereocenters. The number of anilines is 5. The molecule has 0 radical (unpaired) electrons. The van der Waals surface area contributed by atoms with E-state index in [0.717, 1.165) is 37.6 Å². The predicted octanol–water partition coefficient (Wildman–Crippen LogP) is 2.98. The fraction of sp³-hybridized carbons (Fsp3) is 0.286. The van der Waals surface area contributed by atoms with Crippen LogP contribution in [0, 0.1) is 6.92 Å². The van der Waals surface area contributed by atoms with Crippen LogP contribution in [0.3, 0.4) is 0 Å². The van der Waals surface area contributed by atoms with Crippen LogP contribution < -0.4 is 26.2 Å². The molecule has 1 aliphatic rings. The van der Waals surface area contributed by atoms with Crippen molar-refractivity contribution in [2.45, 2.75) is 20.3 Å². The number of nitrogens with two attached hydrogens (primary N) is 1. The Hall–Kier alpha value is -4.64. The monoisotopic (exact) mass is 524 g/mol. The van der Waals surface area contributed by atoms with Crippen molar-refractivity contribution in [3.05, 3.63) is 72.2 Å². The number of primary amides is 1. The van der Waals surface area contributed by atoms with E-state index in [4.69, 9.17) is 15.7 Å². The number of rotatable bonds is 9. The van der Waals surface area contributed by atoms with Crippen LogP contribution in [0.2, 0.25) is 0 Å². The number of nitrogens with zero attached hydrogens (tertiary/aromatic N) is 7. The Morgan fingerprint density at radius 2 is 1.82 bits per heavy atom. The van der Waals surface area contributed by atoms with E-state index >= 15 is 0 Å². The number of aromatic nitrogens is 5. The molecule has 39 heavy (non-hydrogen) atoms. The van der Waals surface area contributed by atoms with Gasteiger partial charge in [-0.2, -0.15) is 4.98 Å². The van der Waals surface area contributed by atoms with Gasteiger partial charge < -0.3 is 26.2 Å². The first-order valence-corrected chi connectivity index (χ1v) is 13.0. The Bertz CT molecular complexity index is 1440. The maximum Gasteiger partial charge on any atom is 0.229 e. The number of nitrogens with one attached hydrogen (secondary N) is 2. The Morgan fingerprint density at radius 3 is 2.54 bits per heavy atom. The standard InChI is InChI=1S/C28H32N10O/c1-3-38(26-18-21(17-24(29)39)33-27(35-26)23-6-4-5-19(2)32-23)25-11-12-31-28(36-25)34-20-7-9-22(10-8-20)37-15-13-30-14-16-37/h4-12,18,30H,3,13-17H2,1-2H3,(H2,29,39)(H,31,34,36). The van der Waals surface area contributed by atoms with Crippen molar-refractivity contribution in [2.24, 2.45) is 5.73 Å². The molecule has 1 fully saturated rings. The number of hydrogen-bond acceptors (Lipinski definition) is 10. The maximum absolute atomic E-state index is 11.7. The number of hydrogen-bond donors (Lipinski definition) is 3. The van der Waals surface area contributed by atoms with Gasteiger partial charge >= 0.3 is 0 Å². The Kier molecular flexibility index (Phi) is 7.88. The van der Waals surface area contributed by atoms with Crippen molar-refractivity contribution in [3.8, 4) is 11.5 Å². The Morgan fingerprint density at radius 1 is 1.03 bits per heavy atom. The second-order valence-corrected chi connectivity index (χ2v) is 9.24. The molecule has 11 nitrogen and oxygen atoms in total. The lowest BCUT2D eigenvalue weighted by Crippen LogP contribution is -2.43. The first kappa shape index (κ1) is 26.0. The van der Waals surface area contributed by atoms with E-state index in [0.29, 0.717) is 41.3 Å². The van der Waals surface area contributed by atoms with Gasteiger partial charge in [0.15, 0.2) is 5.82 Å². The van der Waals surface area contributed by atoms with Crippen LogP contribution in [-0.4, -0.2) is 63.6 Å². The van der Waals surface area contributed by atoms with Crippen LogP contribution in [0.15, 0.2) is 60.8 Å². The third kappa shape index (κ3) is 6.44. The predicted molar refractivity (Wildman–Crippen MR) is 152 cm³/mol. The summed E-state index contributed by atoms with van der Waals surface area (Å²) in [7, 11) is 0. The third-order valence-corrected chi connectivity index (χ3v) is 6.35. The van der Waals surface area contributed by atoms with Gasteiger partial charge in [-0.3, -0.25) is 4.79 Å². The summed E-state index contributed by atoms with van der Waals surface area (Å²) in [5.41, 5.74) is 9.56. The van der Waals surface area contributed by atoms with Gasteiger partial charge in [0, 0.05) is 62.1 Å². The smallest absolute Gasteiger partial charge is 0.229 e. The maximum atomic E-state index is 11.7. The van der Waals surface area contributed by atoms with Gasteiger partial charge in [0.1, 0.15) is 17.3 Å². The number of pyridine rings is 1. The molecule has 0 saturated carbocycles. The molecule has 0 spiro atoms. The van der Waals surface area contributed by atoms with Crippen molar-refractivity contribution >= 4 is 34.9 Å². The zero-order valence-electron chi connectivity index (χ0n) is 22.1. The van der Waals surface area contributed by atoms with Gasteiger partial charge in [-0.25, -0.2) is 19.9 Å². The van der Waals surface area contributed by atoms with Crippen molar-refractivity contribution in [3.63, 3.8) is 0 Å². The normalized spacial score (nSPS) is 13.2. The summed E-state index contributed by atoms with van der Waals surface area (Å²) in [4.78, 5) is 39.1. The molecule has 0 aliphatic carbocycles. The van der Waals surface area contributed by atoms with Crippen molar-refractivity contribution in [2.75, 3.05) is 47.8 Å². The molecule has 1 aliphatic heterocycles. The number of carbonyl (C=O) groups excluding carboxylic acids is 1. The van der Waals surface area contributed by atoms with Gasteiger partial charge in [0.2, 0.25) is 11.9 Å². The van der Waals surface area contributed by atoms with E-state index in [2.05, 4.69) is 42.6 Å². The van der Waals surface area contributed by atoms with Gasteiger partial charge in [-0.15, -0.1) is 0 Å². The zero-order valence-corrected chi connectivity index (χ0v) is 22.1. The summed E-state index contributed by atoms with van der Waals surface area (Å²) in [5.74, 6) is 1.66. The van der Waals surface area contributed by atoms with Crippen LogP contribution >= 0.6 is 0 Å². The van der Waals surface area contributed by atoms with E-state index in [9.17, 15) is 4.79 Å². The van der Waals surface area contributed by atoms with E-state index in [1.807, 2.05) is 55.1 Å². The molecule has 11 heteroatoms. The van der Waals surface area contributed by atoms with E-state index in [-0.39, 0.29) is 6.42 Å². The molecule has 200 valence electrons. The molecule has 0 bridgehead atoms. The Balaban J connectivity index is 1.41. The fourth-order valence-corrected chi connectivity index (χ4v) is 4.48. The van der Waals surface area contributed by atoms with Gasteiger partial charge in [-0.05, 0) is 56.3 Å². The average molecular weight is 525 g/mol. The van der Waals surface area contributed by atoms with Crippen LogP contribution in [0.1, 0.15) is 18.3 Å². The summed E-state index contributed by atoms with van der Waals surface area (Å²) in [5, 5.41) is 6.68. The minimum absolute atomic E-state index is 0.00753. The molecule has 1 amide bonds. The lowest BCUT2D eigenvalue weighted by Gasteiger charge is -2.29. The molecule has 4 aromatic rings. The van der Waals surface area contributed by atoms with Crippen LogP contribution in [0.25, 0.3) is 11.5 Å². The quantitative estimate of drug-likeness (QED) is 0.299. The molecule has 5 rings (SSSR count). The average Bonchev–Trinajstić information content (AvgIpc) is 2.94. The Labute approximate surface area is 227 Å². The second kappa shape index (κ2) is 11.8. The molecule has 3 aromatic heterocycles. The highest BCUT2D eigenvalue weighted by Gasteiger charge is 2.17. The molecule has 1 saturated heterocycles. The highest BCUT2D eigenvalue weighted by Crippen LogP contribution is 2.27. The highest BCUT2D eigenvalue weighted by molar-refractivity contribution is 5.77. The molecular weight excluding hydrogens is 492 g/mol. The molecule has 4 heterocycles.